The van der Waals surface area contributed by atoms with Gasteiger partial charge < -0.3 is 20.7 Å². The molecule has 1 aromatic heterocycles. The van der Waals surface area contributed by atoms with Crippen molar-refractivity contribution < 1.29 is 19.1 Å². The molecule has 1 heterocycles. The van der Waals surface area contributed by atoms with Gasteiger partial charge in [0.2, 0.25) is 5.91 Å². The Morgan fingerprint density at radius 2 is 1.48 bits per heavy atom. The van der Waals surface area contributed by atoms with Crippen molar-refractivity contribution in [1.29, 1.82) is 0 Å². The van der Waals surface area contributed by atoms with Crippen molar-refractivity contribution >= 4 is 80.9 Å². The highest BCUT2D eigenvalue weighted by molar-refractivity contribution is 8.00. The van der Waals surface area contributed by atoms with Crippen LogP contribution in [0.4, 0.5) is 10.8 Å². The lowest BCUT2D eigenvalue weighted by molar-refractivity contribution is -0.116. The van der Waals surface area contributed by atoms with E-state index >= 15 is 0 Å². The number of aromatic nitrogens is 1. The summed E-state index contributed by atoms with van der Waals surface area (Å²) in [4.78, 5) is 45.8. The molecule has 0 bridgehead atoms. The number of rotatable bonds is 12. The number of anilines is 2. The van der Waals surface area contributed by atoms with Gasteiger partial charge in [0.25, 0.3) is 11.8 Å². The summed E-state index contributed by atoms with van der Waals surface area (Å²) in [6, 6.07) is 37.6. The molecule has 0 saturated heterocycles. The summed E-state index contributed by atoms with van der Waals surface area (Å²) in [6.07, 6.45) is 1.44. The van der Waals surface area contributed by atoms with E-state index in [2.05, 4.69) is 20.9 Å². The Morgan fingerprint density at radius 1 is 0.808 bits per heavy atom. The first-order chi connectivity index (χ1) is 25.3. The number of carbonyl (C=O) groups is 3. The van der Waals surface area contributed by atoms with Gasteiger partial charge in [-0.2, -0.15) is 0 Å². The summed E-state index contributed by atoms with van der Waals surface area (Å²) >= 11 is 15.5. The van der Waals surface area contributed by atoms with Crippen LogP contribution in [0.15, 0.2) is 143 Å². The van der Waals surface area contributed by atoms with Gasteiger partial charge in [-0.15, -0.1) is 23.1 Å². The zero-order chi connectivity index (χ0) is 36.5. The Morgan fingerprint density at radius 3 is 2.17 bits per heavy atom. The second-order valence-electron chi connectivity index (χ2n) is 11.2. The number of thioether (sulfide) groups is 1. The molecule has 3 N–H and O–H groups in total. The highest BCUT2D eigenvalue weighted by atomic mass is 35.5. The number of amides is 3. The smallest absolute Gasteiger partial charge is 0.272 e. The van der Waals surface area contributed by atoms with Gasteiger partial charge in [0.15, 0.2) is 5.13 Å². The molecule has 0 saturated carbocycles. The highest BCUT2D eigenvalue weighted by Gasteiger charge is 2.24. The molecular formula is C40H30Cl2N4O4S2. The summed E-state index contributed by atoms with van der Waals surface area (Å²) in [6.45, 7) is 0. The molecule has 0 radical (unpaired) electrons. The van der Waals surface area contributed by atoms with E-state index in [1.54, 1.807) is 67.8 Å². The maximum Gasteiger partial charge on any atom is 0.272 e. The van der Waals surface area contributed by atoms with Crippen LogP contribution in [0.25, 0.3) is 17.3 Å². The van der Waals surface area contributed by atoms with E-state index in [0.29, 0.717) is 32.0 Å². The fourth-order valence-electron chi connectivity index (χ4n) is 5.00. The Balaban J connectivity index is 1.18. The van der Waals surface area contributed by atoms with Crippen LogP contribution in [0.2, 0.25) is 10.0 Å². The van der Waals surface area contributed by atoms with E-state index < -0.39 is 17.1 Å². The van der Waals surface area contributed by atoms with Gasteiger partial charge in [0, 0.05) is 42.7 Å². The molecule has 52 heavy (non-hydrogen) atoms. The second kappa shape index (κ2) is 17.2. The number of benzene rings is 5. The van der Waals surface area contributed by atoms with Gasteiger partial charge in [0.05, 0.1) is 12.8 Å². The summed E-state index contributed by atoms with van der Waals surface area (Å²) in [7, 11) is 1.61. The third-order valence-electron chi connectivity index (χ3n) is 7.62. The van der Waals surface area contributed by atoms with Crippen LogP contribution in [0.5, 0.6) is 5.75 Å². The Kier molecular flexibility index (Phi) is 12.1. The topological polar surface area (TPSA) is 109 Å². The number of thiazole rings is 1. The normalized spacial score (nSPS) is 11.7. The SMILES string of the molecule is COc1cccc(-c2csc(NC(=O)C(Sc3ccc(NC(=O)/C(=C/c4c(Cl)cccc4Cl)NC(=O)c4ccccc4)cc3)c3ccccc3)n2)c1. The molecule has 6 aromatic rings. The van der Waals surface area contributed by atoms with E-state index in [0.717, 1.165) is 27.5 Å². The van der Waals surface area contributed by atoms with Crippen LogP contribution in [0.3, 0.4) is 0 Å². The monoisotopic (exact) mass is 764 g/mol. The van der Waals surface area contributed by atoms with Crippen LogP contribution in [-0.2, 0) is 9.59 Å². The molecule has 0 aliphatic heterocycles. The standard InChI is InChI=1S/C40H30Cl2N4O4S2/c1-50-29-15-8-14-27(22-29)35-24-51-40(45-35)46-39(49)36(25-10-4-2-5-11-25)52-30-20-18-28(19-21-30)43-38(48)34(23-31-32(41)16-9-17-33(31)42)44-37(47)26-12-6-3-7-13-26/h2-24,36H,1H3,(H,43,48)(H,44,47)(H,45,46,49)/b34-23-. The van der Waals surface area contributed by atoms with Gasteiger partial charge in [-0.25, -0.2) is 4.98 Å². The average Bonchev–Trinajstić information content (AvgIpc) is 3.64. The van der Waals surface area contributed by atoms with E-state index in [1.165, 1.54) is 29.2 Å². The minimum atomic E-state index is -0.603. The predicted octanol–water partition coefficient (Wildman–Crippen LogP) is 10.0. The van der Waals surface area contributed by atoms with Crippen molar-refractivity contribution in [2.24, 2.45) is 0 Å². The zero-order valence-electron chi connectivity index (χ0n) is 27.5. The fraction of sp³-hybridized carbons (Fsp3) is 0.0500. The van der Waals surface area contributed by atoms with Crippen LogP contribution in [0.1, 0.15) is 26.7 Å². The number of ether oxygens (including phenoxy) is 1. The van der Waals surface area contributed by atoms with Gasteiger partial charge in [0.1, 0.15) is 16.7 Å². The van der Waals surface area contributed by atoms with Gasteiger partial charge >= 0.3 is 0 Å². The van der Waals surface area contributed by atoms with Crippen molar-refractivity contribution in [1.82, 2.24) is 10.3 Å². The Labute approximate surface area is 318 Å². The molecule has 0 aliphatic rings. The van der Waals surface area contributed by atoms with E-state index in [1.807, 2.05) is 72.1 Å². The number of carbonyl (C=O) groups excluding carboxylic acids is 3. The van der Waals surface area contributed by atoms with Crippen molar-refractivity contribution in [3.05, 3.63) is 165 Å². The summed E-state index contributed by atoms with van der Waals surface area (Å²) in [5.41, 5.74) is 3.59. The third-order valence-corrected chi connectivity index (χ3v) is 10.3. The quantitative estimate of drug-likeness (QED) is 0.0846. The molecule has 8 nitrogen and oxygen atoms in total. The van der Waals surface area contributed by atoms with Gasteiger partial charge in [-0.05, 0) is 72.3 Å². The lowest BCUT2D eigenvalue weighted by Crippen LogP contribution is -2.30. The average molecular weight is 766 g/mol. The van der Waals surface area contributed by atoms with Gasteiger partial charge in [-0.1, -0.05) is 89.9 Å². The fourth-order valence-corrected chi connectivity index (χ4v) is 7.26. The Bertz CT molecular complexity index is 2210. The number of hydrogen-bond acceptors (Lipinski definition) is 7. The molecule has 1 unspecified atom stereocenters. The van der Waals surface area contributed by atoms with Gasteiger partial charge in [-0.3, -0.25) is 14.4 Å². The summed E-state index contributed by atoms with van der Waals surface area (Å²) in [5, 5.41) is 10.9. The van der Waals surface area contributed by atoms with E-state index in [9.17, 15) is 14.4 Å². The molecule has 0 fully saturated rings. The minimum absolute atomic E-state index is 0.0557. The number of nitrogens with zero attached hydrogens (tertiary/aromatic N) is 1. The third kappa shape index (κ3) is 9.28. The largest absolute Gasteiger partial charge is 0.497 e. The molecular weight excluding hydrogens is 736 g/mol. The van der Waals surface area contributed by atoms with Crippen molar-refractivity contribution in [3.8, 4) is 17.0 Å². The summed E-state index contributed by atoms with van der Waals surface area (Å²) in [5.74, 6) is -0.575. The second-order valence-corrected chi connectivity index (χ2v) is 14.0. The number of hydrogen-bond donors (Lipinski definition) is 3. The maximum absolute atomic E-state index is 13.7. The predicted molar refractivity (Wildman–Crippen MR) is 211 cm³/mol. The number of methoxy groups -OCH3 is 1. The van der Waals surface area contributed by atoms with Crippen molar-refractivity contribution in [2.75, 3.05) is 17.7 Å². The van der Waals surface area contributed by atoms with E-state index in [4.69, 9.17) is 27.9 Å². The molecule has 5 aromatic carbocycles. The molecule has 0 aliphatic carbocycles. The first-order valence-electron chi connectivity index (χ1n) is 15.8. The number of halogens is 2. The minimum Gasteiger partial charge on any atom is -0.497 e. The summed E-state index contributed by atoms with van der Waals surface area (Å²) < 4.78 is 5.34. The zero-order valence-corrected chi connectivity index (χ0v) is 30.7. The van der Waals surface area contributed by atoms with Crippen LogP contribution >= 0.6 is 46.3 Å². The molecule has 260 valence electrons. The first kappa shape index (κ1) is 36.4. The molecule has 6 rings (SSSR count). The van der Waals surface area contributed by atoms with Crippen LogP contribution in [0, 0.1) is 0 Å². The van der Waals surface area contributed by atoms with Crippen molar-refractivity contribution in [2.45, 2.75) is 10.1 Å². The highest BCUT2D eigenvalue weighted by Crippen LogP contribution is 2.37. The molecule has 1 atom stereocenters. The van der Waals surface area contributed by atoms with Crippen LogP contribution < -0.4 is 20.7 Å². The first-order valence-corrected chi connectivity index (χ1v) is 18.3. The van der Waals surface area contributed by atoms with Crippen molar-refractivity contribution in [3.63, 3.8) is 0 Å². The molecule has 12 heteroatoms. The van der Waals surface area contributed by atoms with Crippen LogP contribution in [-0.4, -0.2) is 29.8 Å². The van der Waals surface area contributed by atoms with E-state index in [-0.39, 0.29) is 11.6 Å². The Hall–Kier alpha value is -5.39. The maximum atomic E-state index is 13.7. The molecule has 3 amide bonds. The lowest BCUT2D eigenvalue weighted by Gasteiger charge is -2.17. The number of nitrogens with one attached hydrogen (secondary N) is 3. The molecule has 0 spiro atoms. The lowest BCUT2D eigenvalue weighted by atomic mass is 10.1.